The van der Waals surface area contributed by atoms with Gasteiger partial charge in [0.25, 0.3) is 0 Å². The quantitative estimate of drug-likeness (QED) is 0.582. The maximum absolute atomic E-state index is 5.52. The van der Waals surface area contributed by atoms with Crippen LogP contribution in [-0.2, 0) is 9.47 Å². The molecule has 1 rings (SSSR count). The summed E-state index contributed by atoms with van der Waals surface area (Å²) < 4.78 is 11.0. The maximum atomic E-state index is 5.52. The lowest BCUT2D eigenvalue weighted by Crippen LogP contribution is -2.26. The fourth-order valence-corrected chi connectivity index (χ4v) is 1.21. The topological polar surface area (TPSA) is 18.5 Å². The molecule has 1 aliphatic heterocycles. The molecular formula is C9H18O2. The Bertz CT molecular complexity index is 93.7. The minimum atomic E-state index is 0.0373. The molecule has 2 nitrogen and oxygen atoms in total. The molecule has 0 atom stereocenters. The summed E-state index contributed by atoms with van der Waals surface area (Å²) >= 11 is 0. The van der Waals surface area contributed by atoms with Gasteiger partial charge in [-0.25, -0.2) is 0 Å². The van der Waals surface area contributed by atoms with Gasteiger partial charge in [-0.05, 0) is 19.3 Å². The third kappa shape index (κ3) is 3.21. The summed E-state index contributed by atoms with van der Waals surface area (Å²) in [5.41, 5.74) is 0. The number of ether oxygens (including phenoxy) is 2. The molecule has 66 valence electrons. The van der Waals surface area contributed by atoms with Gasteiger partial charge in [-0.3, -0.25) is 0 Å². The van der Waals surface area contributed by atoms with Crippen LogP contribution in [0.15, 0.2) is 0 Å². The lowest BCUT2D eigenvalue weighted by molar-refractivity contribution is -0.173. The Balaban J connectivity index is 2.26. The summed E-state index contributed by atoms with van der Waals surface area (Å²) in [6.45, 7) is 5.99. The second-order valence-corrected chi connectivity index (χ2v) is 3.41. The van der Waals surface area contributed by atoms with E-state index in [-0.39, 0.29) is 6.29 Å². The molecule has 0 unspecified atom stereocenters. The number of hydrogen-bond acceptors (Lipinski definition) is 2. The van der Waals surface area contributed by atoms with Crippen LogP contribution >= 0.6 is 0 Å². The molecule has 0 aromatic heterocycles. The average Bonchev–Trinajstić information content (AvgIpc) is 1.84. The molecule has 1 saturated heterocycles. The smallest absolute Gasteiger partial charge is 0.159 e. The molecule has 2 heteroatoms. The van der Waals surface area contributed by atoms with Gasteiger partial charge in [-0.2, -0.15) is 0 Å². The Morgan fingerprint density at radius 3 is 2.00 bits per heavy atom. The molecule has 0 bridgehead atoms. The van der Waals surface area contributed by atoms with E-state index in [1.54, 1.807) is 0 Å². The van der Waals surface area contributed by atoms with E-state index in [0.717, 1.165) is 13.2 Å². The Morgan fingerprint density at radius 2 is 1.55 bits per heavy atom. The molecule has 0 aromatic rings. The Hall–Kier alpha value is -0.0800. The van der Waals surface area contributed by atoms with Crippen molar-refractivity contribution in [3.05, 3.63) is 0 Å². The summed E-state index contributed by atoms with van der Waals surface area (Å²) in [5, 5.41) is 0. The van der Waals surface area contributed by atoms with Crippen LogP contribution in [0.4, 0.5) is 0 Å². The van der Waals surface area contributed by atoms with Crippen molar-refractivity contribution in [3.63, 3.8) is 0 Å². The van der Waals surface area contributed by atoms with Crippen LogP contribution in [0.3, 0.4) is 0 Å². The van der Waals surface area contributed by atoms with E-state index in [9.17, 15) is 0 Å². The first kappa shape index (κ1) is 9.01. The van der Waals surface area contributed by atoms with Crippen LogP contribution in [-0.4, -0.2) is 19.5 Å². The minimum absolute atomic E-state index is 0.0373. The molecule has 0 amide bonds. The van der Waals surface area contributed by atoms with Crippen molar-refractivity contribution >= 4 is 0 Å². The lowest BCUT2D eigenvalue weighted by Gasteiger charge is -2.23. The van der Waals surface area contributed by atoms with Gasteiger partial charge >= 0.3 is 0 Å². The van der Waals surface area contributed by atoms with Crippen LogP contribution in [0.1, 0.15) is 33.1 Å². The minimum Gasteiger partial charge on any atom is -0.352 e. The largest absolute Gasteiger partial charge is 0.352 e. The van der Waals surface area contributed by atoms with Crippen LogP contribution < -0.4 is 0 Å². The van der Waals surface area contributed by atoms with Crippen molar-refractivity contribution < 1.29 is 9.47 Å². The number of rotatable bonds is 1. The van der Waals surface area contributed by atoms with E-state index in [0.29, 0.717) is 5.92 Å². The molecule has 0 saturated carbocycles. The normalized spacial score (nSPS) is 23.2. The summed E-state index contributed by atoms with van der Waals surface area (Å²) in [4.78, 5) is 0. The van der Waals surface area contributed by atoms with Crippen molar-refractivity contribution in [3.8, 4) is 0 Å². The fourth-order valence-electron chi connectivity index (χ4n) is 1.21. The van der Waals surface area contributed by atoms with E-state index in [1.807, 2.05) is 0 Å². The van der Waals surface area contributed by atoms with Crippen molar-refractivity contribution in [2.45, 2.75) is 39.4 Å². The van der Waals surface area contributed by atoms with Gasteiger partial charge in [0.05, 0.1) is 0 Å². The predicted octanol–water partition coefficient (Wildman–Crippen LogP) is 2.19. The Labute approximate surface area is 68.9 Å². The summed E-state index contributed by atoms with van der Waals surface area (Å²) in [6, 6.07) is 0. The van der Waals surface area contributed by atoms with Gasteiger partial charge < -0.3 is 9.47 Å². The first-order chi connectivity index (χ1) is 5.30. The van der Waals surface area contributed by atoms with Crippen molar-refractivity contribution in [1.29, 1.82) is 0 Å². The van der Waals surface area contributed by atoms with Crippen LogP contribution in [0.25, 0.3) is 0 Å². The Morgan fingerprint density at radius 1 is 1.00 bits per heavy atom. The van der Waals surface area contributed by atoms with Gasteiger partial charge in [-0.15, -0.1) is 0 Å². The summed E-state index contributed by atoms with van der Waals surface area (Å²) in [6.07, 6.45) is 3.65. The van der Waals surface area contributed by atoms with E-state index < -0.39 is 0 Å². The van der Waals surface area contributed by atoms with E-state index >= 15 is 0 Å². The second kappa shape index (κ2) is 4.73. The zero-order valence-electron chi connectivity index (χ0n) is 7.51. The van der Waals surface area contributed by atoms with Crippen LogP contribution in [0.2, 0.25) is 0 Å². The van der Waals surface area contributed by atoms with Gasteiger partial charge in [0.1, 0.15) is 0 Å². The van der Waals surface area contributed by atoms with Gasteiger partial charge in [0.15, 0.2) is 6.29 Å². The van der Waals surface area contributed by atoms with Gasteiger partial charge in [0, 0.05) is 19.1 Å². The summed E-state index contributed by atoms with van der Waals surface area (Å²) in [5.74, 6) is 0.480. The van der Waals surface area contributed by atoms with Crippen molar-refractivity contribution in [2.75, 3.05) is 13.2 Å². The molecule has 11 heavy (non-hydrogen) atoms. The molecule has 0 aliphatic carbocycles. The molecule has 1 heterocycles. The van der Waals surface area contributed by atoms with Crippen LogP contribution in [0.5, 0.6) is 0 Å². The molecule has 1 aliphatic rings. The first-order valence-corrected chi connectivity index (χ1v) is 4.54. The third-order valence-electron chi connectivity index (χ3n) is 1.90. The predicted molar refractivity (Wildman–Crippen MR) is 44.4 cm³/mol. The highest BCUT2D eigenvalue weighted by molar-refractivity contribution is 4.54. The highest BCUT2D eigenvalue weighted by Crippen LogP contribution is 2.13. The maximum Gasteiger partial charge on any atom is 0.159 e. The third-order valence-corrected chi connectivity index (χ3v) is 1.90. The zero-order valence-corrected chi connectivity index (χ0v) is 7.51. The average molecular weight is 158 g/mol. The molecule has 1 fully saturated rings. The van der Waals surface area contributed by atoms with Crippen molar-refractivity contribution in [1.82, 2.24) is 0 Å². The van der Waals surface area contributed by atoms with E-state index in [4.69, 9.17) is 9.47 Å². The molecule has 0 spiro atoms. The fraction of sp³-hybridized carbons (Fsp3) is 1.00. The highest BCUT2D eigenvalue weighted by atomic mass is 16.7. The second-order valence-electron chi connectivity index (χ2n) is 3.41. The number of hydrogen-bond donors (Lipinski definition) is 0. The summed E-state index contributed by atoms with van der Waals surface area (Å²) in [7, 11) is 0. The van der Waals surface area contributed by atoms with Gasteiger partial charge in [-0.1, -0.05) is 13.8 Å². The van der Waals surface area contributed by atoms with Crippen molar-refractivity contribution in [2.24, 2.45) is 5.92 Å². The van der Waals surface area contributed by atoms with Gasteiger partial charge in [0.2, 0.25) is 0 Å². The van der Waals surface area contributed by atoms with E-state index in [1.165, 1.54) is 19.3 Å². The molecule has 0 aromatic carbocycles. The zero-order chi connectivity index (χ0) is 8.10. The van der Waals surface area contributed by atoms with Crippen LogP contribution in [0, 0.1) is 5.92 Å². The molecule has 0 N–H and O–H groups in total. The lowest BCUT2D eigenvalue weighted by atomic mass is 10.2. The molecule has 0 radical (unpaired) electrons. The molecular weight excluding hydrogens is 140 g/mol. The van der Waals surface area contributed by atoms with E-state index in [2.05, 4.69) is 13.8 Å². The SMILES string of the molecule is CC(C)C1OCCCCCO1. The Kier molecular flexibility index (Phi) is 3.87. The standard InChI is InChI=1S/C9H18O2/c1-8(2)9-10-6-4-3-5-7-11-9/h8-9H,3-7H2,1-2H3. The monoisotopic (exact) mass is 158 g/mol. The first-order valence-electron chi connectivity index (χ1n) is 4.54. The highest BCUT2D eigenvalue weighted by Gasteiger charge is 2.15.